The summed E-state index contributed by atoms with van der Waals surface area (Å²) >= 11 is 0. The van der Waals surface area contributed by atoms with Crippen molar-refractivity contribution in [3.63, 3.8) is 0 Å². The van der Waals surface area contributed by atoms with E-state index in [4.69, 9.17) is 4.74 Å². The van der Waals surface area contributed by atoms with E-state index in [2.05, 4.69) is 25.9 Å². The SMILES string of the molecule is CC1(C)Oc2ccc(NC(=O)c3cccnc3NCc3ccncc3)cc2NC1=O. The summed E-state index contributed by atoms with van der Waals surface area (Å²) in [6.07, 6.45) is 5.05. The van der Waals surface area contributed by atoms with Gasteiger partial charge in [-0.1, -0.05) is 0 Å². The maximum atomic E-state index is 12.9. The zero-order valence-corrected chi connectivity index (χ0v) is 16.6. The molecule has 0 saturated heterocycles. The monoisotopic (exact) mass is 403 g/mol. The van der Waals surface area contributed by atoms with Crippen LogP contribution in [-0.2, 0) is 11.3 Å². The van der Waals surface area contributed by atoms with Crippen LogP contribution in [0, 0.1) is 0 Å². The number of pyridine rings is 2. The highest BCUT2D eigenvalue weighted by Gasteiger charge is 2.35. The smallest absolute Gasteiger partial charge is 0.268 e. The number of carbonyl (C=O) groups excluding carboxylic acids is 2. The van der Waals surface area contributed by atoms with Crippen molar-refractivity contribution in [2.45, 2.75) is 26.0 Å². The van der Waals surface area contributed by atoms with E-state index in [1.165, 1.54) is 0 Å². The highest BCUT2D eigenvalue weighted by molar-refractivity contribution is 6.08. The van der Waals surface area contributed by atoms with Crippen molar-refractivity contribution in [2.24, 2.45) is 0 Å². The molecule has 1 aliphatic heterocycles. The Balaban J connectivity index is 1.50. The Morgan fingerprint density at radius 3 is 2.73 bits per heavy atom. The molecule has 0 fully saturated rings. The highest BCUT2D eigenvalue weighted by Crippen LogP contribution is 2.35. The molecule has 0 saturated carbocycles. The van der Waals surface area contributed by atoms with E-state index in [0.717, 1.165) is 5.56 Å². The molecule has 0 spiro atoms. The average molecular weight is 403 g/mol. The van der Waals surface area contributed by atoms with Crippen molar-refractivity contribution >= 4 is 29.0 Å². The van der Waals surface area contributed by atoms with Crippen LogP contribution < -0.4 is 20.7 Å². The van der Waals surface area contributed by atoms with Crippen LogP contribution in [0.4, 0.5) is 17.2 Å². The van der Waals surface area contributed by atoms with Gasteiger partial charge in [0.05, 0.1) is 11.3 Å². The molecule has 3 aromatic rings. The summed E-state index contributed by atoms with van der Waals surface area (Å²) in [5.74, 6) is 0.471. The minimum Gasteiger partial charge on any atom is -0.476 e. The molecule has 152 valence electrons. The van der Waals surface area contributed by atoms with Crippen LogP contribution in [0.3, 0.4) is 0 Å². The first-order valence-electron chi connectivity index (χ1n) is 9.46. The molecule has 1 aromatic carbocycles. The Bertz CT molecular complexity index is 1100. The van der Waals surface area contributed by atoms with Gasteiger partial charge in [-0.05, 0) is 61.9 Å². The second-order valence-electron chi connectivity index (χ2n) is 7.34. The quantitative estimate of drug-likeness (QED) is 0.603. The van der Waals surface area contributed by atoms with Gasteiger partial charge in [0.15, 0.2) is 5.60 Å². The van der Waals surface area contributed by atoms with E-state index < -0.39 is 5.60 Å². The molecule has 2 aromatic heterocycles. The number of hydrogen-bond acceptors (Lipinski definition) is 6. The van der Waals surface area contributed by atoms with Crippen molar-refractivity contribution in [3.05, 3.63) is 72.2 Å². The minimum absolute atomic E-state index is 0.242. The molecular weight excluding hydrogens is 382 g/mol. The van der Waals surface area contributed by atoms with E-state index in [1.54, 1.807) is 62.8 Å². The zero-order chi connectivity index (χ0) is 21.1. The van der Waals surface area contributed by atoms with Crippen LogP contribution in [0.1, 0.15) is 29.8 Å². The largest absolute Gasteiger partial charge is 0.476 e. The van der Waals surface area contributed by atoms with Crippen LogP contribution >= 0.6 is 0 Å². The van der Waals surface area contributed by atoms with Crippen LogP contribution in [0.2, 0.25) is 0 Å². The lowest BCUT2D eigenvalue weighted by atomic mass is 10.1. The predicted octanol–water partition coefficient (Wildman–Crippen LogP) is 3.45. The fourth-order valence-electron chi connectivity index (χ4n) is 3.00. The summed E-state index contributed by atoms with van der Waals surface area (Å²) in [7, 11) is 0. The van der Waals surface area contributed by atoms with Gasteiger partial charge in [0.1, 0.15) is 11.6 Å². The number of amides is 2. The summed E-state index contributed by atoms with van der Waals surface area (Å²) in [5.41, 5.74) is 1.54. The first-order valence-corrected chi connectivity index (χ1v) is 9.46. The average Bonchev–Trinajstić information content (AvgIpc) is 2.74. The standard InChI is InChI=1S/C22H21N5O3/c1-22(2)21(29)27-17-12-15(5-6-18(17)30-22)26-20(28)16-4-3-9-24-19(16)25-13-14-7-10-23-11-8-14/h3-12H,13H2,1-2H3,(H,24,25)(H,26,28)(H,27,29). The molecule has 2 amide bonds. The number of nitrogens with zero attached hydrogens (tertiary/aromatic N) is 2. The minimum atomic E-state index is -0.942. The second kappa shape index (κ2) is 7.82. The number of ether oxygens (including phenoxy) is 1. The number of rotatable bonds is 5. The van der Waals surface area contributed by atoms with Crippen molar-refractivity contribution in [2.75, 3.05) is 16.0 Å². The Morgan fingerprint density at radius 2 is 1.93 bits per heavy atom. The molecule has 4 rings (SSSR count). The third kappa shape index (κ3) is 4.07. The molecule has 0 unspecified atom stereocenters. The number of carbonyl (C=O) groups is 2. The Labute approximate surface area is 173 Å². The molecule has 0 bridgehead atoms. The van der Waals surface area contributed by atoms with Gasteiger partial charge in [0, 0.05) is 30.8 Å². The Morgan fingerprint density at radius 1 is 1.13 bits per heavy atom. The van der Waals surface area contributed by atoms with Gasteiger partial charge in [0.2, 0.25) is 0 Å². The van der Waals surface area contributed by atoms with Gasteiger partial charge in [0.25, 0.3) is 11.8 Å². The lowest BCUT2D eigenvalue weighted by Crippen LogP contribution is -2.45. The summed E-state index contributed by atoms with van der Waals surface area (Å²) in [5, 5.41) is 8.84. The number of aromatic nitrogens is 2. The predicted molar refractivity (Wildman–Crippen MR) is 114 cm³/mol. The van der Waals surface area contributed by atoms with Crippen molar-refractivity contribution in [1.29, 1.82) is 0 Å². The van der Waals surface area contributed by atoms with Gasteiger partial charge < -0.3 is 20.7 Å². The summed E-state index contributed by atoms with van der Waals surface area (Å²) < 4.78 is 5.72. The molecule has 8 nitrogen and oxygen atoms in total. The van der Waals surface area contributed by atoms with Crippen LogP contribution in [0.5, 0.6) is 5.75 Å². The lowest BCUT2D eigenvalue weighted by molar-refractivity contribution is -0.129. The number of anilines is 3. The third-order valence-corrected chi connectivity index (χ3v) is 4.66. The number of benzene rings is 1. The molecular formula is C22H21N5O3. The van der Waals surface area contributed by atoms with E-state index >= 15 is 0 Å². The second-order valence-corrected chi connectivity index (χ2v) is 7.34. The fourth-order valence-corrected chi connectivity index (χ4v) is 3.00. The molecule has 3 heterocycles. The topological polar surface area (TPSA) is 105 Å². The van der Waals surface area contributed by atoms with Gasteiger partial charge >= 0.3 is 0 Å². The maximum absolute atomic E-state index is 12.9. The van der Waals surface area contributed by atoms with Gasteiger partial charge in [-0.3, -0.25) is 14.6 Å². The summed E-state index contributed by atoms with van der Waals surface area (Å²) in [6, 6.07) is 12.3. The molecule has 0 atom stereocenters. The highest BCUT2D eigenvalue weighted by atomic mass is 16.5. The zero-order valence-electron chi connectivity index (χ0n) is 16.6. The Kier molecular flexibility index (Phi) is 5.05. The van der Waals surface area contributed by atoms with Crippen molar-refractivity contribution in [1.82, 2.24) is 9.97 Å². The van der Waals surface area contributed by atoms with Gasteiger partial charge in [-0.15, -0.1) is 0 Å². The first-order chi connectivity index (χ1) is 14.4. The molecule has 0 radical (unpaired) electrons. The van der Waals surface area contributed by atoms with E-state index in [9.17, 15) is 9.59 Å². The third-order valence-electron chi connectivity index (χ3n) is 4.66. The number of nitrogens with one attached hydrogen (secondary N) is 3. The maximum Gasteiger partial charge on any atom is 0.268 e. The number of hydrogen-bond donors (Lipinski definition) is 3. The van der Waals surface area contributed by atoms with Crippen molar-refractivity contribution in [3.8, 4) is 5.75 Å². The van der Waals surface area contributed by atoms with E-state index in [-0.39, 0.29) is 11.8 Å². The first kappa shape index (κ1) is 19.4. The summed E-state index contributed by atoms with van der Waals surface area (Å²) in [4.78, 5) is 33.3. The molecule has 0 aliphatic carbocycles. The Hall–Kier alpha value is -3.94. The molecule has 1 aliphatic rings. The van der Waals surface area contributed by atoms with Crippen molar-refractivity contribution < 1.29 is 14.3 Å². The summed E-state index contributed by atoms with van der Waals surface area (Å²) in [6.45, 7) is 3.91. The molecule has 8 heteroatoms. The van der Waals surface area contributed by atoms with E-state index in [0.29, 0.717) is 35.1 Å². The van der Waals surface area contributed by atoms with Crippen LogP contribution in [0.25, 0.3) is 0 Å². The van der Waals surface area contributed by atoms with Gasteiger partial charge in [-0.2, -0.15) is 0 Å². The van der Waals surface area contributed by atoms with Crippen LogP contribution in [-0.4, -0.2) is 27.4 Å². The fraction of sp³-hybridized carbons (Fsp3) is 0.182. The number of fused-ring (bicyclic) bond motifs is 1. The normalized spacial score (nSPS) is 14.1. The van der Waals surface area contributed by atoms with E-state index in [1.807, 2.05) is 12.1 Å². The lowest BCUT2D eigenvalue weighted by Gasteiger charge is -2.31. The van der Waals surface area contributed by atoms with Crippen LogP contribution in [0.15, 0.2) is 61.1 Å². The van der Waals surface area contributed by atoms with Gasteiger partial charge in [-0.25, -0.2) is 4.98 Å². The molecule has 3 N–H and O–H groups in total. The molecule has 30 heavy (non-hydrogen) atoms.